The van der Waals surface area contributed by atoms with Crippen LogP contribution in [-0.4, -0.2) is 81.1 Å². The lowest BCUT2D eigenvalue weighted by Gasteiger charge is -2.22. The van der Waals surface area contributed by atoms with Gasteiger partial charge in [-0.05, 0) is 69.5 Å². The lowest BCUT2D eigenvalue weighted by Crippen LogP contribution is -2.44. The van der Waals surface area contributed by atoms with Crippen molar-refractivity contribution in [1.82, 2.24) is 35.1 Å². The minimum atomic E-state index is -0.525. The summed E-state index contributed by atoms with van der Waals surface area (Å²) < 4.78 is 23.8. The fraction of sp³-hybridized carbons (Fsp3) is 0.452. The molecule has 226 valence electrons. The van der Waals surface area contributed by atoms with E-state index in [2.05, 4.69) is 15.7 Å². The number of ether oxygens (including phenoxy) is 1. The topological polar surface area (TPSA) is 123 Å². The van der Waals surface area contributed by atoms with E-state index in [1.807, 2.05) is 25.2 Å². The molecule has 2 amide bonds. The van der Waals surface area contributed by atoms with E-state index in [0.717, 1.165) is 60.8 Å². The molecule has 0 unspecified atom stereocenters. The average molecular weight is 590 g/mol. The molecule has 2 aromatic carbocycles. The normalized spacial score (nSPS) is 15.6. The molecule has 2 aromatic heterocycles. The van der Waals surface area contributed by atoms with Crippen LogP contribution in [0.15, 0.2) is 36.5 Å². The number of esters is 1. The molecule has 1 saturated heterocycles. The van der Waals surface area contributed by atoms with E-state index >= 15 is 4.39 Å². The first-order valence-electron chi connectivity index (χ1n) is 14.9. The first-order valence-corrected chi connectivity index (χ1v) is 14.9. The lowest BCUT2D eigenvalue weighted by molar-refractivity contribution is -0.143. The summed E-state index contributed by atoms with van der Waals surface area (Å²) >= 11 is 0. The predicted octanol–water partition coefficient (Wildman–Crippen LogP) is 2.87. The molecule has 2 aliphatic rings. The third-order valence-electron chi connectivity index (χ3n) is 8.17. The molecule has 1 aliphatic heterocycles. The van der Waals surface area contributed by atoms with Crippen LogP contribution in [0.4, 0.5) is 4.39 Å². The Hall–Kier alpha value is -4.32. The molecular formula is C31H36FN7O4. The van der Waals surface area contributed by atoms with Crippen molar-refractivity contribution in [2.45, 2.75) is 51.1 Å². The van der Waals surface area contributed by atoms with Crippen molar-refractivity contribution >= 4 is 39.6 Å². The summed E-state index contributed by atoms with van der Waals surface area (Å²) in [6, 6.07) is 8.93. The SMILES string of the molecule is CCOC(=O)CNC(=O)CN(C(=O)Cn1nc(C2CCNCC2)c2c(-c3cc4nn(C)cc4cc3F)cccc21)C1CC1. The number of benzene rings is 2. The van der Waals surface area contributed by atoms with Crippen LogP contribution in [0, 0.1) is 5.82 Å². The van der Waals surface area contributed by atoms with E-state index in [1.54, 1.807) is 33.5 Å². The van der Waals surface area contributed by atoms with Crippen LogP contribution in [0.5, 0.6) is 0 Å². The maximum absolute atomic E-state index is 15.6. The Labute approximate surface area is 248 Å². The van der Waals surface area contributed by atoms with E-state index in [0.29, 0.717) is 16.6 Å². The lowest BCUT2D eigenvalue weighted by atomic mass is 9.89. The molecule has 2 N–H and O–H groups in total. The summed E-state index contributed by atoms with van der Waals surface area (Å²) in [6.07, 6.45) is 5.18. The van der Waals surface area contributed by atoms with Crippen LogP contribution < -0.4 is 10.6 Å². The number of nitrogens with zero attached hydrogens (tertiary/aromatic N) is 5. The number of rotatable bonds is 10. The number of hydrogen-bond donors (Lipinski definition) is 2. The first kappa shape index (κ1) is 28.8. The molecule has 0 spiro atoms. The Balaban J connectivity index is 1.34. The van der Waals surface area contributed by atoms with Crippen LogP contribution in [-0.2, 0) is 32.7 Å². The molecule has 0 bridgehead atoms. The van der Waals surface area contributed by atoms with Gasteiger partial charge in [0.25, 0.3) is 0 Å². The van der Waals surface area contributed by atoms with Gasteiger partial charge in [-0.2, -0.15) is 10.2 Å². The highest BCUT2D eigenvalue weighted by atomic mass is 19.1. The minimum absolute atomic E-state index is 0.0266. The molecule has 1 aliphatic carbocycles. The largest absolute Gasteiger partial charge is 0.465 e. The van der Waals surface area contributed by atoms with Gasteiger partial charge in [-0.3, -0.25) is 23.7 Å². The summed E-state index contributed by atoms with van der Waals surface area (Å²) in [4.78, 5) is 39.5. The zero-order valence-corrected chi connectivity index (χ0v) is 24.4. The molecular weight excluding hydrogens is 553 g/mol. The first-order chi connectivity index (χ1) is 20.8. The smallest absolute Gasteiger partial charge is 0.325 e. The quantitative estimate of drug-likeness (QED) is 0.273. The van der Waals surface area contributed by atoms with Crippen molar-refractivity contribution in [3.05, 3.63) is 48.0 Å². The van der Waals surface area contributed by atoms with Gasteiger partial charge in [0.1, 0.15) is 18.9 Å². The number of carbonyl (C=O) groups excluding carboxylic acids is 3. The van der Waals surface area contributed by atoms with Crippen molar-refractivity contribution in [1.29, 1.82) is 0 Å². The standard InChI is InChI=1S/C31H36FN7O4/c1-3-43-29(42)15-34-27(40)17-38(21-7-8-21)28(41)18-39-26-6-4-5-22(30(26)31(36-39)19-9-11-33-12-10-19)23-14-25-20(13-24(23)32)16-37(2)35-25/h4-6,13-14,16,19,21,33H,3,7-12,15,17-18H2,1-2H3,(H,34,40). The Morgan fingerprint density at radius 2 is 1.91 bits per heavy atom. The number of fused-ring (bicyclic) bond motifs is 2. The van der Waals surface area contributed by atoms with Gasteiger partial charge in [-0.15, -0.1) is 0 Å². The summed E-state index contributed by atoms with van der Waals surface area (Å²) in [5, 5.41) is 17.0. The maximum atomic E-state index is 15.6. The molecule has 11 nitrogen and oxygen atoms in total. The number of nitrogens with one attached hydrogen (secondary N) is 2. The fourth-order valence-corrected chi connectivity index (χ4v) is 5.98. The second-order valence-electron chi connectivity index (χ2n) is 11.3. The van der Waals surface area contributed by atoms with Crippen molar-refractivity contribution in [3.8, 4) is 11.1 Å². The Morgan fingerprint density at radius 3 is 2.65 bits per heavy atom. The molecule has 12 heteroatoms. The molecule has 3 heterocycles. The van der Waals surface area contributed by atoms with Crippen molar-refractivity contribution in [3.63, 3.8) is 0 Å². The summed E-state index contributed by atoms with van der Waals surface area (Å²) in [6.45, 7) is 3.17. The number of aryl methyl sites for hydroxylation is 1. The summed E-state index contributed by atoms with van der Waals surface area (Å²) in [7, 11) is 1.81. The highest BCUT2D eigenvalue weighted by molar-refractivity contribution is 6.00. The molecule has 0 atom stereocenters. The van der Waals surface area contributed by atoms with Gasteiger partial charge in [0, 0.05) is 41.5 Å². The number of halogens is 1. The van der Waals surface area contributed by atoms with E-state index in [9.17, 15) is 14.4 Å². The molecule has 43 heavy (non-hydrogen) atoms. The third-order valence-corrected chi connectivity index (χ3v) is 8.17. The predicted molar refractivity (Wildman–Crippen MR) is 159 cm³/mol. The van der Waals surface area contributed by atoms with Gasteiger partial charge in [-0.25, -0.2) is 4.39 Å². The third kappa shape index (κ3) is 6.10. The van der Waals surface area contributed by atoms with Crippen molar-refractivity contribution < 1.29 is 23.5 Å². The van der Waals surface area contributed by atoms with Crippen LogP contribution in [0.1, 0.15) is 44.2 Å². The number of amides is 2. The Bertz CT molecular complexity index is 1690. The van der Waals surface area contributed by atoms with Crippen LogP contribution >= 0.6 is 0 Å². The van der Waals surface area contributed by atoms with Gasteiger partial charge < -0.3 is 20.3 Å². The van der Waals surface area contributed by atoms with Crippen molar-refractivity contribution in [2.24, 2.45) is 7.05 Å². The fourth-order valence-electron chi connectivity index (χ4n) is 5.98. The van der Waals surface area contributed by atoms with Gasteiger partial charge in [0.15, 0.2) is 0 Å². The molecule has 0 radical (unpaired) electrons. The van der Waals surface area contributed by atoms with E-state index in [1.165, 1.54) is 6.07 Å². The monoisotopic (exact) mass is 589 g/mol. The van der Waals surface area contributed by atoms with Gasteiger partial charge in [-0.1, -0.05) is 12.1 Å². The zero-order valence-electron chi connectivity index (χ0n) is 24.4. The van der Waals surface area contributed by atoms with Gasteiger partial charge >= 0.3 is 5.97 Å². The van der Waals surface area contributed by atoms with Crippen LogP contribution in [0.2, 0.25) is 0 Å². The Morgan fingerprint density at radius 1 is 1.12 bits per heavy atom. The van der Waals surface area contributed by atoms with E-state index in [4.69, 9.17) is 9.84 Å². The van der Waals surface area contributed by atoms with Crippen LogP contribution in [0.25, 0.3) is 32.9 Å². The van der Waals surface area contributed by atoms with Gasteiger partial charge in [0.05, 0.1) is 29.9 Å². The molecule has 2 fully saturated rings. The second-order valence-corrected chi connectivity index (χ2v) is 11.3. The maximum Gasteiger partial charge on any atom is 0.325 e. The molecule has 6 rings (SSSR count). The number of piperidine rings is 1. The van der Waals surface area contributed by atoms with Gasteiger partial charge in [0.2, 0.25) is 11.8 Å². The zero-order chi connectivity index (χ0) is 30.1. The molecule has 4 aromatic rings. The van der Waals surface area contributed by atoms with Crippen LogP contribution in [0.3, 0.4) is 0 Å². The minimum Gasteiger partial charge on any atom is -0.465 e. The number of aromatic nitrogens is 4. The summed E-state index contributed by atoms with van der Waals surface area (Å²) in [5.74, 6) is -1.38. The Kier molecular flexibility index (Phi) is 8.11. The second kappa shape index (κ2) is 12.1. The highest BCUT2D eigenvalue weighted by Crippen LogP contribution is 2.39. The van der Waals surface area contributed by atoms with Crippen molar-refractivity contribution in [2.75, 3.05) is 32.8 Å². The van der Waals surface area contributed by atoms with E-state index in [-0.39, 0.29) is 49.9 Å². The molecule has 1 saturated carbocycles. The highest BCUT2D eigenvalue weighted by Gasteiger charge is 2.35. The average Bonchev–Trinajstić information content (AvgIpc) is 3.68. The van der Waals surface area contributed by atoms with E-state index < -0.39 is 11.9 Å². The number of carbonyl (C=O) groups is 3. The number of hydrogen-bond acceptors (Lipinski definition) is 7. The summed E-state index contributed by atoms with van der Waals surface area (Å²) in [5.41, 5.74) is 3.44.